The molecule has 6 amide bonds. The van der Waals surface area contributed by atoms with E-state index in [9.17, 15) is 53.7 Å². The normalized spacial score (nSPS) is 17.6. The van der Waals surface area contributed by atoms with E-state index in [-0.39, 0.29) is 18.1 Å². The van der Waals surface area contributed by atoms with E-state index in [0.29, 0.717) is 18.7 Å². The Morgan fingerprint density at radius 2 is 1.50 bits per heavy atom. The smallest absolute Gasteiger partial charge is 0.326 e. The summed E-state index contributed by atoms with van der Waals surface area (Å²) in [5, 5.41) is 46.1. The van der Waals surface area contributed by atoms with Gasteiger partial charge in [0, 0.05) is 24.1 Å². The monoisotopic (exact) mass is 727 g/mol. The molecule has 1 aliphatic heterocycles. The summed E-state index contributed by atoms with van der Waals surface area (Å²) in [5.74, 6) is -8.95. The Morgan fingerprint density at radius 1 is 0.880 bits per heavy atom. The minimum atomic E-state index is -1.79. The molecule has 0 unspecified atom stereocenters. The lowest BCUT2D eigenvalue weighted by Gasteiger charge is -2.27. The SMILES string of the molecule is CC(C)[C@H](NC(=O)[C@H](CC(=O)O)NC(=O)[C@@H](NC(=O)[C@H](Cc1cnc[nH]1)NC(=O)[C@H](CS)NC(=O)CNC(=O)[C@@H]1CCCN1)[C@@H](C)O)C(=O)O. The summed E-state index contributed by atoms with van der Waals surface area (Å²) in [7, 11) is 0. The van der Waals surface area contributed by atoms with Crippen molar-refractivity contribution in [3.8, 4) is 0 Å². The van der Waals surface area contributed by atoms with Crippen molar-refractivity contribution >= 4 is 60.0 Å². The summed E-state index contributed by atoms with van der Waals surface area (Å²) in [6.07, 6.45) is 1.33. The fourth-order valence-corrected chi connectivity index (χ4v) is 5.07. The van der Waals surface area contributed by atoms with Gasteiger partial charge in [0.15, 0.2) is 0 Å². The van der Waals surface area contributed by atoms with Gasteiger partial charge in [-0.1, -0.05) is 13.8 Å². The zero-order valence-electron chi connectivity index (χ0n) is 27.7. The molecule has 0 bridgehead atoms. The molecule has 2 rings (SSSR count). The van der Waals surface area contributed by atoms with E-state index in [1.54, 1.807) is 0 Å². The molecule has 1 saturated heterocycles. The number of amides is 6. The van der Waals surface area contributed by atoms with E-state index < -0.39 is 103 Å². The molecular weight excluding hydrogens is 682 g/mol. The molecule has 7 atom stereocenters. The highest BCUT2D eigenvalue weighted by atomic mass is 32.1. The number of aromatic amines is 1. The average molecular weight is 728 g/mol. The third-order valence-corrected chi connectivity index (χ3v) is 7.92. The van der Waals surface area contributed by atoms with Gasteiger partial charge in [-0.25, -0.2) is 9.78 Å². The van der Waals surface area contributed by atoms with Crippen molar-refractivity contribution < 1.29 is 53.7 Å². The highest BCUT2D eigenvalue weighted by Crippen LogP contribution is 2.07. The predicted octanol–water partition coefficient (Wildman–Crippen LogP) is -4.23. The maximum Gasteiger partial charge on any atom is 0.326 e. The summed E-state index contributed by atoms with van der Waals surface area (Å²) in [6, 6.07) is -8.12. The molecule has 278 valence electrons. The molecule has 21 heteroatoms. The second kappa shape index (κ2) is 20.0. The van der Waals surface area contributed by atoms with E-state index in [1.807, 2.05) is 0 Å². The van der Waals surface area contributed by atoms with Crippen molar-refractivity contribution in [1.82, 2.24) is 47.2 Å². The van der Waals surface area contributed by atoms with Crippen LogP contribution in [0.4, 0.5) is 0 Å². The maximum absolute atomic E-state index is 13.5. The molecular formula is C29H45N9O11S. The fraction of sp³-hybridized carbons (Fsp3) is 0.621. The van der Waals surface area contributed by atoms with Gasteiger partial charge < -0.3 is 57.5 Å². The van der Waals surface area contributed by atoms with Gasteiger partial charge in [0.1, 0.15) is 30.2 Å². The van der Waals surface area contributed by atoms with E-state index in [4.69, 9.17) is 0 Å². The molecule has 20 nitrogen and oxygen atoms in total. The lowest BCUT2D eigenvalue weighted by Crippen LogP contribution is -2.62. The number of nitrogens with zero attached hydrogens (tertiary/aromatic N) is 1. The Hall–Kier alpha value is -4.76. The van der Waals surface area contributed by atoms with Crippen LogP contribution in [0, 0.1) is 5.92 Å². The summed E-state index contributed by atoms with van der Waals surface area (Å²) >= 11 is 4.11. The third-order valence-electron chi connectivity index (χ3n) is 7.55. The quantitative estimate of drug-likeness (QED) is 0.0568. The van der Waals surface area contributed by atoms with Crippen molar-refractivity contribution in [3.05, 3.63) is 18.2 Å². The lowest BCUT2D eigenvalue weighted by molar-refractivity contribution is -0.144. The maximum atomic E-state index is 13.5. The van der Waals surface area contributed by atoms with Crippen molar-refractivity contribution in [1.29, 1.82) is 0 Å². The molecule has 1 fully saturated rings. The van der Waals surface area contributed by atoms with Crippen LogP contribution in [0.25, 0.3) is 0 Å². The molecule has 0 saturated carbocycles. The van der Waals surface area contributed by atoms with Gasteiger partial charge in [-0.05, 0) is 32.2 Å². The molecule has 0 radical (unpaired) electrons. The number of hydrogen-bond donors (Lipinski definition) is 12. The zero-order valence-corrected chi connectivity index (χ0v) is 28.6. The number of carbonyl (C=O) groups excluding carboxylic acids is 6. The first kappa shape index (κ1) is 41.4. The van der Waals surface area contributed by atoms with Crippen molar-refractivity contribution in [2.24, 2.45) is 5.92 Å². The molecule has 1 aromatic rings. The van der Waals surface area contributed by atoms with Crippen LogP contribution in [0.2, 0.25) is 0 Å². The van der Waals surface area contributed by atoms with Crippen LogP contribution in [-0.2, 0) is 44.8 Å². The number of rotatable bonds is 20. The van der Waals surface area contributed by atoms with Gasteiger partial charge in [0.05, 0.1) is 31.4 Å². The topological polar surface area (TPSA) is 310 Å². The van der Waals surface area contributed by atoms with Gasteiger partial charge in [-0.3, -0.25) is 33.6 Å². The lowest BCUT2D eigenvalue weighted by atomic mass is 10.0. The number of imidazole rings is 1. The number of carboxylic acid groups (broad SMARTS) is 2. The van der Waals surface area contributed by atoms with Gasteiger partial charge in [0.2, 0.25) is 35.4 Å². The van der Waals surface area contributed by atoms with E-state index in [1.165, 1.54) is 26.4 Å². The second-order valence-corrected chi connectivity index (χ2v) is 12.3. The predicted molar refractivity (Wildman–Crippen MR) is 176 cm³/mol. The first-order valence-corrected chi connectivity index (χ1v) is 16.4. The van der Waals surface area contributed by atoms with E-state index in [2.05, 4.69) is 59.8 Å². The van der Waals surface area contributed by atoms with Gasteiger partial charge in [-0.15, -0.1) is 0 Å². The molecule has 1 aromatic heterocycles. The Bertz CT molecular complexity index is 1370. The minimum Gasteiger partial charge on any atom is -0.481 e. The van der Waals surface area contributed by atoms with Crippen molar-refractivity contribution in [2.75, 3.05) is 18.8 Å². The number of H-pyrrole nitrogens is 1. The van der Waals surface area contributed by atoms with Gasteiger partial charge >= 0.3 is 11.9 Å². The number of nitrogens with one attached hydrogen (secondary N) is 8. The van der Waals surface area contributed by atoms with Crippen LogP contribution >= 0.6 is 12.6 Å². The Morgan fingerprint density at radius 3 is 2.02 bits per heavy atom. The number of aliphatic hydroxyl groups is 1. The molecule has 0 aromatic carbocycles. The summed E-state index contributed by atoms with van der Waals surface area (Å²) < 4.78 is 0. The molecule has 50 heavy (non-hydrogen) atoms. The highest BCUT2D eigenvalue weighted by molar-refractivity contribution is 7.80. The second-order valence-electron chi connectivity index (χ2n) is 12.0. The molecule has 2 heterocycles. The van der Waals surface area contributed by atoms with Crippen LogP contribution in [0.15, 0.2) is 12.5 Å². The molecule has 0 aliphatic carbocycles. The zero-order chi connectivity index (χ0) is 37.5. The van der Waals surface area contributed by atoms with Crippen molar-refractivity contribution in [3.63, 3.8) is 0 Å². The van der Waals surface area contributed by atoms with Crippen LogP contribution in [0.1, 0.15) is 45.7 Å². The Labute approximate surface area is 292 Å². The van der Waals surface area contributed by atoms with Crippen LogP contribution in [-0.4, -0.2) is 134 Å². The number of aliphatic carboxylic acids is 2. The molecule has 0 spiro atoms. The van der Waals surface area contributed by atoms with Crippen LogP contribution < -0.4 is 37.2 Å². The van der Waals surface area contributed by atoms with E-state index >= 15 is 0 Å². The summed E-state index contributed by atoms with van der Waals surface area (Å²) in [4.78, 5) is 107. The van der Waals surface area contributed by atoms with Gasteiger partial charge in [-0.2, -0.15) is 12.6 Å². The first-order chi connectivity index (χ1) is 23.5. The molecule has 1 aliphatic rings. The number of carboxylic acids is 2. The average Bonchev–Trinajstić information content (AvgIpc) is 3.77. The molecule has 11 N–H and O–H groups in total. The minimum absolute atomic E-state index is 0.209. The van der Waals surface area contributed by atoms with E-state index in [0.717, 1.165) is 13.3 Å². The summed E-state index contributed by atoms with van der Waals surface area (Å²) in [6.45, 7) is 4.39. The number of hydrogen-bond acceptors (Lipinski definition) is 12. The van der Waals surface area contributed by atoms with Crippen molar-refractivity contribution in [2.45, 2.75) is 88.8 Å². The summed E-state index contributed by atoms with van der Waals surface area (Å²) in [5.41, 5.74) is 0.370. The van der Waals surface area contributed by atoms with Gasteiger partial charge in [0.25, 0.3) is 0 Å². The standard InChI is InChI=1S/C29H45N9O11S/c1-13(2)22(29(48)49)37-26(45)18(8-21(41)42)36-28(47)23(14(3)39)38-25(44)17(7-15-9-30-12-33-15)35-27(46)19(11-50)34-20(40)10-32-24(43)16-5-4-6-31-16/h9,12-14,16-19,22-23,31,39,50H,4-8,10-11H2,1-3H3,(H,30,33)(H,32,43)(H,34,40)(H,35,46)(H,36,47)(H,37,45)(H,38,44)(H,41,42)(H,48,49)/t14-,16+,17+,18+,19+,22+,23+/m1/s1. The number of aromatic nitrogens is 2. The number of aliphatic hydroxyl groups excluding tert-OH is 1. The third kappa shape index (κ3) is 13.3. The first-order valence-electron chi connectivity index (χ1n) is 15.8. The Balaban J connectivity index is 2.17. The van der Waals surface area contributed by atoms with Crippen LogP contribution in [0.3, 0.4) is 0 Å². The van der Waals surface area contributed by atoms with Crippen LogP contribution in [0.5, 0.6) is 0 Å². The number of thiol groups is 1. The fourth-order valence-electron chi connectivity index (χ4n) is 4.81. The highest BCUT2D eigenvalue weighted by Gasteiger charge is 2.35. The number of carbonyl (C=O) groups is 8. The largest absolute Gasteiger partial charge is 0.481 e. The Kier molecular flexibility index (Phi) is 16.6.